The van der Waals surface area contributed by atoms with Gasteiger partial charge >= 0.3 is 0 Å². The van der Waals surface area contributed by atoms with Crippen molar-refractivity contribution in [3.8, 4) is 0 Å². The number of aromatic nitrogens is 1. The molecule has 100 valence electrons. The van der Waals surface area contributed by atoms with Crippen LogP contribution in [0.15, 0.2) is 42.6 Å². The molecule has 2 atom stereocenters. The van der Waals surface area contributed by atoms with Gasteiger partial charge in [-0.2, -0.15) is 0 Å². The fourth-order valence-electron chi connectivity index (χ4n) is 2.24. The van der Waals surface area contributed by atoms with Gasteiger partial charge in [0.25, 0.3) is 0 Å². The summed E-state index contributed by atoms with van der Waals surface area (Å²) in [5.41, 5.74) is 1.16. The average Bonchev–Trinajstić information content (AvgIpc) is 2.44. The Morgan fingerprint density at radius 1 is 1.16 bits per heavy atom. The third kappa shape index (κ3) is 2.96. The quantitative estimate of drug-likeness (QED) is 0.913. The molecule has 0 bridgehead atoms. The second-order valence-electron chi connectivity index (χ2n) is 4.48. The van der Waals surface area contributed by atoms with Gasteiger partial charge in [0.05, 0.1) is 0 Å². The molecular weight excluding hydrogens is 246 g/mol. The molecule has 4 heteroatoms. The largest absolute Gasteiger partial charge is 0.312 e. The molecule has 0 aliphatic rings. The Morgan fingerprint density at radius 3 is 2.58 bits per heavy atom. The van der Waals surface area contributed by atoms with Gasteiger partial charge in [-0.1, -0.05) is 13.0 Å². The third-order valence-corrected chi connectivity index (χ3v) is 3.26. The lowest BCUT2D eigenvalue weighted by molar-refractivity contribution is 0.466. The normalized spacial score (nSPS) is 14.1. The summed E-state index contributed by atoms with van der Waals surface area (Å²) in [6, 6.07) is 8.77. The number of rotatable bonds is 4. The number of hydrogen-bond acceptors (Lipinski definition) is 2. The van der Waals surface area contributed by atoms with E-state index in [4.69, 9.17) is 0 Å². The van der Waals surface area contributed by atoms with E-state index in [9.17, 15) is 8.78 Å². The van der Waals surface area contributed by atoms with Gasteiger partial charge in [-0.3, -0.25) is 4.98 Å². The van der Waals surface area contributed by atoms with Crippen LogP contribution < -0.4 is 5.32 Å². The SMILES string of the molecule is CNC(c1cc(F)ccc1F)C(C)c1ccccn1. The van der Waals surface area contributed by atoms with Crippen LogP contribution in [-0.4, -0.2) is 12.0 Å². The minimum Gasteiger partial charge on any atom is -0.312 e. The van der Waals surface area contributed by atoms with Crippen molar-refractivity contribution in [3.05, 3.63) is 65.5 Å². The van der Waals surface area contributed by atoms with Gasteiger partial charge in [-0.15, -0.1) is 0 Å². The monoisotopic (exact) mass is 262 g/mol. The maximum atomic E-state index is 13.9. The molecule has 2 nitrogen and oxygen atoms in total. The Morgan fingerprint density at radius 2 is 1.95 bits per heavy atom. The van der Waals surface area contributed by atoms with Crippen molar-refractivity contribution in [1.29, 1.82) is 0 Å². The van der Waals surface area contributed by atoms with Gasteiger partial charge in [-0.25, -0.2) is 8.78 Å². The van der Waals surface area contributed by atoms with Crippen molar-refractivity contribution in [3.63, 3.8) is 0 Å². The summed E-state index contributed by atoms with van der Waals surface area (Å²) < 4.78 is 27.2. The molecule has 0 saturated carbocycles. The standard InChI is InChI=1S/C15H16F2N2/c1-10(14-5-3-4-8-19-14)15(18-2)12-9-11(16)6-7-13(12)17/h3-10,15,18H,1-2H3. The van der Waals surface area contributed by atoms with E-state index in [-0.39, 0.29) is 12.0 Å². The van der Waals surface area contributed by atoms with Crippen LogP contribution >= 0.6 is 0 Å². The van der Waals surface area contributed by atoms with E-state index in [0.717, 1.165) is 17.8 Å². The molecule has 0 aliphatic heterocycles. The van der Waals surface area contributed by atoms with Crippen molar-refractivity contribution >= 4 is 0 Å². The Labute approximate surface area is 111 Å². The van der Waals surface area contributed by atoms with Crippen LogP contribution in [-0.2, 0) is 0 Å². The van der Waals surface area contributed by atoms with Crippen LogP contribution in [0.3, 0.4) is 0 Å². The molecule has 0 fully saturated rings. The van der Waals surface area contributed by atoms with Gasteiger partial charge in [0, 0.05) is 29.4 Å². The maximum absolute atomic E-state index is 13.9. The molecule has 0 aliphatic carbocycles. The van der Waals surface area contributed by atoms with E-state index in [1.165, 1.54) is 6.07 Å². The number of nitrogens with one attached hydrogen (secondary N) is 1. The van der Waals surface area contributed by atoms with Crippen molar-refractivity contribution in [2.24, 2.45) is 0 Å². The molecule has 0 radical (unpaired) electrons. The Kier molecular flexibility index (Phi) is 4.22. The van der Waals surface area contributed by atoms with Crippen molar-refractivity contribution in [2.75, 3.05) is 7.05 Å². The molecule has 0 saturated heterocycles. The van der Waals surface area contributed by atoms with Gasteiger partial charge in [0.1, 0.15) is 11.6 Å². The number of hydrogen-bond donors (Lipinski definition) is 1. The van der Waals surface area contributed by atoms with Crippen LogP contribution in [0.2, 0.25) is 0 Å². The zero-order valence-electron chi connectivity index (χ0n) is 10.9. The summed E-state index contributed by atoms with van der Waals surface area (Å²) >= 11 is 0. The average molecular weight is 262 g/mol. The summed E-state index contributed by atoms with van der Waals surface area (Å²) in [6.07, 6.45) is 1.69. The number of halogens is 2. The second-order valence-corrected chi connectivity index (χ2v) is 4.48. The van der Waals surface area contributed by atoms with Gasteiger partial charge in [0.2, 0.25) is 0 Å². The molecule has 1 aromatic carbocycles. The molecule has 0 amide bonds. The topological polar surface area (TPSA) is 24.9 Å². The number of pyridine rings is 1. The van der Waals surface area contributed by atoms with E-state index in [1.54, 1.807) is 13.2 Å². The molecule has 1 aromatic heterocycles. The smallest absolute Gasteiger partial charge is 0.128 e. The number of likely N-dealkylation sites (N-methyl/N-ethyl adjacent to an activating group) is 1. The summed E-state index contributed by atoms with van der Waals surface area (Å²) in [4.78, 5) is 4.27. The highest BCUT2D eigenvalue weighted by Gasteiger charge is 2.23. The highest BCUT2D eigenvalue weighted by molar-refractivity contribution is 5.26. The molecule has 19 heavy (non-hydrogen) atoms. The first kappa shape index (κ1) is 13.6. The zero-order chi connectivity index (χ0) is 13.8. The van der Waals surface area contributed by atoms with E-state index in [0.29, 0.717) is 5.56 Å². The predicted molar refractivity (Wildman–Crippen MR) is 70.8 cm³/mol. The fraction of sp³-hybridized carbons (Fsp3) is 0.267. The van der Waals surface area contributed by atoms with Gasteiger partial charge in [-0.05, 0) is 37.4 Å². The number of nitrogens with zero attached hydrogens (tertiary/aromatic N) is 1. The lowest BCUT2D eigenvalue weighted by atomic mass is 9.91. The lowest BCUT2D eigenvalue weighted by Crippen LogP contribution is -2.24. The lowest BCUT2D eigenvalue weighted by Gasteiger charge is -2.24. The first-order valence-corrected chi connectivity index (χ1v) is 6.16. The van der Waals surface area contributed by atoms with Crippen molar-refractivity contribution < 1.29 is 8.78 Å². The van der Waals surface area contributed by atoms with Crippen LogP contribution in [0.5, 0.6) is 0 Å². The van der Waals surface area contributed by atoms with Crippen LogP contribution in [0.1, 0.15) is 30.1 Å². The van der Waals surface area contributed by atoms with Crippen molar-refractivity contribution in [1.82, 2.24) is 10.3 Å². The maximum Gasteiger partial charge on any atom is 0.128 e. The van der Waals surface area contributed by atoms with E-state index in [2.05, 4.69) is 10.3 Å². The van der Waals surface area contributed by atoms with Gasteiger partial charge < -0.3 is 5.32 Å². The van der Waals surface area contributed by atoms with Crippen LogP contribution in [0.4, 0.5) is 8.78 Å². The molecule has 2 unspecified atom stereocenters. The van der Waals surface area contributed by atoms with E-state index >= 15 is 0 Å². The first-order valence-electron chi connectivity index (χ1n) is 6.16. The van der Waals surface area contributed by atoms with Gasteiger partial charge in [0.15, 0.2) is 0 Å². The molecule has 1 heterocycles. The zero-order valence-corrected chi connectivity index (χ0v) is 10.9. The highest BCUT2D eigenvalue weighted by Crippen LogP contribution is 2.30. The molecule has 0 spiro atoms. The minimum atomic E-state index is -0.440. The molecule has 2 rings (SSSR count). The van der Waals surface area contributed by atoms with E-state index in [1.807, 2.05) is 25.1 Å². The predicted octanol–water partition coefficient (Wildman–Crippen LogP) is 3.42. The van der Waals surface area contributed by atoms with Crippen LogP contribution in [0, 0.1) is 11.6 Å². The summed E-state index contributed by atoms with van der Waals surface area (Å²) in [5, 5.41) is 3.04. The summed E-state index contributed by atoms with van der Waals surface area (Å²) in [6.45, 7) is 1.94. The molecule has 1 N–H and O–H groups in total. The summed E-state index contributed by atoms with van der Waals surface area (Å²) in [7, 11) is 1.73. The molecular formula is C15H16F2N2. The summed E-state index contributed by atoms with van der Waals surface area (Å²) in [5.74, 6) is -0.920. The third-order valence-electron chi connectivity index (χ3n) is 3.26. The Bertz CT molecular complexity index is 543. The first-order chi connectivity index (χ1) is 9.13. The Hall–Kier alpha value is -1.81. The Balaban J connectivity index is 2.37. The van der Waals surface area contributed by atoms with E-state index < -0.39 is 11.6 Å². The second kappa shape index (κ2) is 5.89. The van der Waals surface area contributed by atoms with Crippen molar-refractivity contribution in [2.45, 2.75) is 18.9 Å². The highest BCUT2D eigenvalue weighted by atomic mass is 19.1. The minimum absolute atomic E-state index is 0.0671. The number of benzene rings is 1. The molecule has 2 aromatic rings. The van der Waals surface area contributed by atoms with Crippen LogP contribution in [0.25, 0.3) is 0 Å². The fourth-order valence-corrected chi connectivity index (χ4v) is 2.24.